The van der Waals surface area contributed by atoms with Gasteiger partial charge in [0.2, 0.25) is 0 Å². The molecule has 0 bridgehead atoms. The molecule has 0 aliphatic carbocycles. The molecule has 0 amide bonds. The number of likely N-dealkylation sites (tertiary alicyclic amines) is 1. The lowest BCUT2D eigenvalue weighted by atomic mass is 10.2. The summed E-state index contributed by atoms with van der Waals surface area (Å²) in [5.41, 5.74) is 1.96. The molecule has 94 valence electrons. The molecule has 5 heteroatoms. The molecule has 0 aromatic carbocycles. The van der Waals surface area contributed by atoms with Crippen molar-refractivity contribution in [3.63, 3.8) is 0 Å². The van der Waals surface area contributed by atoms with Crippen LogP contribution in [0.15, 0.2) is 24.5 Å². The number of carboxylic acid groups (broad SMARTS) is 1. The summed E-state index contributed by atoms with van der Waals surface area (Å²) < 4.78 is 1.79. The first-order valence-corrected chi connectivity index (χ1v) is 6.16. The second-order valence-electron chi connectivity index (χ2n) is 4.72. The van der Waals surface area contributed by atoms with Crippen LogP contribution in [0.25, 0.3) is 5.65 Å². The Morgan fingerprint density at radius 1 is 1.28 bits per heavy atom. The summed E-state index contributed by atoms with van der Waals surface area (Å²) in [5, 5.41) is 8.90. The van der Waals surface area contributed by atoms with Gasteiger partial charge in [-0.3, -0.25) is 4.90 Å². The summed E-state index contributed by atoms with van der Waals surface area (Å²) >= 11 is 0. The van der Waals surface area contributed by atoms with E-state index in [4.69, 9.17) is 5.11 Å². The van der Waals surface area contributed by atoms with Gasteiger partial charge in [0.05, 0.1) is 0 Å². The van der Waals surface area contributed by atoms with E-state index < -0.39 is 5.97 Å². The Morgan fingerprint density at radius 3 is 2.78 bits per heavy atom. The second-order valence-corrected chi connectivity index (χ2v) is 4.72. The van der Waals surface area contributed by atoms with Crippen molar-refractivity contribution >= 4 is 11.6 Å². The van der Waals surface area contributed by atoms with Crippen LogP contribution in [-0.2, 0) is 6.54 Å². The molecule has 1 saturated heterocycles. The minimum Gasteiger partial charge on any atom is -0.476 e. The second kappa shape index (κ2) is 4.42. The average Bonchev–Trinajstić information content (AvgIpc) is 2.96. The Bertz CT molecular complexity index is 585. The molecule has 0 saturated carbocycles. The van der Waals surface area contributed by atoms with Gasteiger partial charge in [-0.2, -0.15) is 0 Å². The molecule has 1 fully saturated rings. The first-order chi connectivity index (χ1) is 8.72. The number of pyridine rings is 1. The van der Waals surface area contributed by atoms with E-state index in [1.165, 1.54) is 18.4 Å². The van der Waals surface area contributed by atoms with Gasteiger partial charge in [0.1, 0.15) is 5.65 Å². The number of aromatic nitrogens is 2. The van der Waals surface area contributed by atoms with Crippen molar-refractivity contribution in [3.05, 3.63) is 35.8 Å². The van der Waals surface area contributed by atoms with E-state index in [1.54, 1.807) is 10.6 Å². The maximum absolute atomic E-state index is 10.9. The third-order valence-corrected chi connectivity index (χ3v) is 3.34. The van der Waals surface area contributed by atoms with Crippen molar-refractivity contribution in [3.8, 4) is 0 Å². The summed E-state index contributed by atoms with van der Waals surface area (Å²) in [6.07, 6.45) is 6.07. The molecule has 5 nitrogen and oxygen atoms in total. The van der Waals surface area contributed by atoms with Gasteiger partial charge in [0.15, 0.2) is 5.69 Å². The SMILES string of the molecule is O=C(O)c1cn2cc(CN3CCCC3)ccc2n1. The lowest BCUT2D eigenvalue weighted by Crippen LogP contribution is -2.18. The summed E-state index contributed by atoms with van der Waals surface area (Å²) in [5.74, 6) is -0.986. The van der Waals surface area contributed by atoms with Crippen molar-refractivity contribution < 1.29 is 9.90 Å². The third kappa shape index (κ3) is 2.09. The topological polar surface area (TPSA) is 57.8 Å². The molecule has 3 heterocycles. The number of carboxylic acids is 1. The minimum atomic E-state index is -0.986. The van der Waals surface area contributed by atoms with Crippen LogP contribution < -0.4 is 0 Å². The van der Waals surface area contributed by atoms with Crippen LogP contribution in [0, 0.1) is 0 Å². The number of hydrogen-bond acceptors (Lipinski definition) is 3. The van der Waals surface area contributed by atoms with E-state index in [2.05, 4.69) is 9.88 Å². The molecule has 0 radical (unpaired) electrons. The molecule has 2 aromatic heterocycles. The Labute approximate surface area is 105 Å². The summed E-state index contributed by atoms with van der Waals surface area (Å²) in [6.45, 7) is 3.24. The average molecular weight is 245 g/mol. The highest BCUT2D eigenvalue weighted by molar-refractivity contribution is 5.86. The third-order valence-electron chi connectivity index (χ3n) is 3.34. The number of imidazole rings is 1. The molecular formula is C13H15N3O2. The highest BCUT2D eigenvalue weighted by Gasteiger charge is 2.13. The first kappa shape index (κ1) is 11.2. The van der Waals surface area contributed by atoms with Crippen molar-refractivity contribution in [2.24, 2.45) is 0 Å². The standard InChI is InChI=1S/C13H15N3O2/c17-13(18)11-9-16-8-10(3-4-12(16)14-11)7-15-5-1-2-6-15/h3-4,8-9H,1-2,5-7H2,(H,17,18). The fraction of sp³-hybridized carbons (Fsp3) is 0.385. The zero-order valence-corrected chi connectivity index (χ0v) is 10.0. The van der Waals surface area contributed by atoms with E-state index in [0.717, 1.165) is 19.6 Å². The number of rotatable bonds is 3. The molecule has 18 heavy (non-hydrogen) atoms. The van der Waals surface area contributed by atoms with Crippen LogP contribution in [0.2, 0.25) is 0 Å². The minimum absolute atomic E-state index is 0.0910. The fourth-order valence-corrected chi connectivity index (χ4v) is 2.43. The van der Waals surface area contributed by atoms with E-state index in [-0.39, 0.29) is 5.69 Å². The van der Waals surface area contributed by atoms with E-state index in [0.29, 0.717) is 5.65 Å². The Morgan fingerprint density at radius 2 is 2.06 bits per heavy atom. The molecule has 3 rings (SSSR count). The lowest BCUT2D eigenvalue weighted by Gasteiger charge is -2.14. The molecular weight excluding hydrogens is 230 g/mol. The number of hydrogen-bond donors (Lipinski definition) is 1. The van der Waals surface area contributed by atoms with Crippen LogP contribution in [0.3, 0.4) is 0 Å². The molecule has 1 N–H and O–H groups in total. The van der Waals surface area contributed by atoms with E-state index in [1.807, 2.05) is 18.3 Å². The molecule has 1 aliphatic rings. The maximum atomic E-state index is 10.9. The van der Waals surface area contributed by atoms with Crippen LogP contribution in [-0.4, -0.2) is 38.4 Å². The predicted octanol–water partition coefficient (Wildman–Crippen LogP) is 1.63. The predicted molar refractivity (Wildman–Crippen MR) is 66.7 cm³/mol. The van der Waals surface area contributed by atoms with Crippen molar-refractivity contribution in [1.29, 1.82) is 0 Å². The molecule has 1 aliphatic heterocycles. The smallest absolute Gasteiger partial charge is 0.356 e. The van der Waals surface area contributed by atoms with Gasteiger partial charge in [0, 0.05) is 18.9 Å². The number of nitrogens with zero attached hydrogens (tertiary/aromatic N) is 3. The zero-order valence-electron chi connectivity index (χ0n) is 10.0. The Hall–Kier alpha value is -1.88. The monoisotopic (exact) mass is 245 g/mol. The Balaban J connectivity index is 1.87. The highest BCUT2D eigenvalue weighted by Crippen LogP contribution is 2.14. The van der Waals surface area contributed by atoms with Gasteiger partial charge in [-0.1, -0.05) is 6.07 Å². The van der Waals surface area contributed by atoms with Crippen molar-refractivity contribution in [2.75, 3.05) is 13.1 Å². The number of carbonyl (C=O) groups is 1. The van der Waals surface area contributed by atoms with Gasteiger partial charge in [-0.15, -0.1) is 0 Å². The highest BCUT2D eigenvalue weighted by atomic mass is 16.4. The fourth-order valence-electron chi connectivity index (χ4n) is 2.43. The molecule has 0 unspecified atom stereocenters. The van der Waals surface area contributed by atoms with Gasteiger partial charge in [-0.25, -0.2) is 9.78 Å². The first-order valence-electron chi connectivity index (χ1n) is 6.16. The number of fused-ring (bicyclic) bond motifs is 1. The Kier molecular flexibility index (Phi) is 2.76. The summed E-state index contributed by atoms with van der Waals surface area (Å²) in [7, 11) is 0. The van der Waals surface area contributed by atoms with Gasteiger partial charge >= 0.3 is 5.97 Å². The van der Waals surface area contributed by atoms with E-state index >= 15 is 0 Å². The van der Waals surface area contributed by atoms with Gasteiger partial charge in [0.25, 0.3) is 0 Å². The molecule has 0 spiro atoms. The zero-order chi connectivity index (χ0) is 12.5. The lowest BCUT2D eigenvalue weighted by molar-refractivity contribution is 0.0691. The van der Waals surface area contributed by atoms with Gasteiger partial charge in [-0.05, 0) is 37.6 Å². The van der Waals surface area contributed by atoms with Crippen molar-refractivity contribution in [2.45, 2.75) is 19.4 Å². The maximum Gasteiger partial charge on any atom is 0.356 e. The number of aromatic carboxylic acids is 1. The summed E-state index contributed by atoms with van der Waals surface area (Å²) in [6, 6.07) is 3.89. The summed E-state index contributed by atoms with van der Waals surface area (Å²) in [4.78, 5) is 17.3. The quantitative estimate of drug-likeness (QED) is 0.893. The van der Waals surface area contributed by atoms with Crippen molar-refractivity contribution in [1.82, 2.24) is 14.3 Å². The normalized spacial score (nSPS) is 16.4. The van der Waals surface area contributed by atoms with Gasteiger partial charge < -0.3 is 9.51 Å². The largest absolute Gasteiger partial charge is 0.476 e. The van der Waals surface area contributed by atoms with E-state index in [9.17, 15) is 4.79 Å². The van der Waals surface area contributed by atoms with Crippen LogP contribution in [0.4, 0.5) is 0 Å². The molecule has 0 atom stereocenters. The molecule has 2 aromatic rings. The van der Waals surface area contributed by atoms with Crippen LogP contribution in [0.1, 0.15) is 28.9 Å². The van der Waals surface area contributed by atoms with Crippen LogP contribution in [0.5, 0.6) is 0 Å². The van der Waals surface area contributed by atoms with Crippen LogP contribution >= 0.6 is 0 Å².